The van der Waals surface area contributed by atoms with Crippen molar-refractivity contribution in [2.45, 2.75) is 52.4 Å². The summed E-state index contributed by atoms with van der Waals surface area (Å²) in [7, 11) is 0. The first-order valence-electron chi connectivity index (χ1n) is 20.6. The molecule has 0 heterocycles. The summed E-state index contributed by atoms with van der Waals surface area (Å²) in [4.78, 5) is 0. The van der Waals surface area contributed by atoms with E-state index >= 15 is 0 Å². The fourth-order valence-corrected chi connectivity index (χ4v) is 8.45. The van der Waals surface area contributed by atoms with E-state index < -0.39 is 0 Å². The van der Waals surface area contributed by atoms with E-state index in [4.69, 9.17) is 0 Å². The van der Waals surface area contributed by atoms with E-state index in [1.807, 2.05) is 0 Å². The second-order valence-corrected chi connectivity index (χ2v) is 17.8. The second-order valence-electron chi connectivity index (χ2n) is 17.8. The minimum Gasteiger partial charge on any atom is -0.0622 e. The van der Waals surface area contributed by atoms with Gasteiger partial charge in [-0.3, -0.25) is 0 Å². The van der Waals surface area contributed by atoms with Crippen molar-refractivity contribution in [1.29, 1.82) is 0 Å². The summed E-state index contributed by atoms with van der Waals surface area (Å²) in [6, 6.07) is 72.2. The third kappa shape index (κ3) is 7.16. The highest BCUT2D eigenvalue weighted by atomic mass is 14.2. The standard InChI is InChI=1S/C58H50/c1-57(2,3)49-31-25-41(26-32-49)39-17-21-43(22-18-39)47-29-35-51-53(37-47)56(46-15-11-8-12-16-46)54-38-48(30-36-52(54)55(51)45-13-9-7-10-14-45)44-23-19-40(20-24-44)42-27-33-50(34-28-42)58(4,5)6/h7-38H,1-6H3. The van der Waals surface area contributed by atoms with Crippen LogP contribution in [0.25, 0.3) is 88.3 Å². The van der Waals surface area contributed by atoms with Crippen molar-refractivity contribution >= 4 is 21.5 Å². The Morgan fingerprint density at radius 1 is 0.224 bits per heavy atom. The van der Waals surface area contributed by atoms with Gasteiger partial charge in [0, 0.05) is 0 Å². The predicted octanol–water partition coefficient (Wildman–Crippen LogP) is 16.6. The summed E-state index contributed by atoms with van der Waals surface area (Å²) >= 11 is 0. The molecule has 0 aromatic heterocycles. The van der Waals surface area contributed by atoms with Crippen LogP contribution in [0.1, 0.15) is 52.7 Å². The highest BCUT2D eigenvalue weighted by molar-refractivity contribution is 6.22. The monoisotopic (exact) mass is 746 g/mol. The zero-order valence-electron chi connectivity index (χ0n) is 34.5. The van der Waals surface area contributed by atoms with Gasteiger partial charge in [-0.05, 0) is 122 Å². The van der Waals surface area contributed by atoms with Gasteiger partial charge in [-0.2, -0.15) is 0 Å². The Hall–Kier alpha value is -6.50. The van der Waals surface area contributed by atoms with Crippen LogP contribution in [0.5, 0.6) is 0 Å². The predicted molar refractivity (Wildman–Crippen MR) is 251 cm³/mol. The highest BCUT2D eigenvalue weighted by Gasteiger charge is 2.19. The third-order valence-electron chi connectivity index (χ3n) is 11.8. The molecule has 9 aromatic rings. The van der Waals surface area contributed by atoms with Crippen molar-refractivity contribution in [2.24, 2.45) is 0 Å². The molecule has 0 N–H and O–H groups in total. The lowest BCUT2D eigenvalue weighted by Gasteiger charge is -2.20. The number of benzene rings is 9. The summed E-state index contributed by atoms with van der Waals surface area (Å²) in [5.74, 6) is 0. The SMILES string of the molecule is CC(C)(C)c1ccc(-c2ccc(-c3ccc4c(-c5ccccc5)c5ccc(-c6ccc(-c7ccc(C(C)(C)C)cc7)cc6)cc5c(-c5ccccc5)c4c3)cc2)cc1. The van der Waals surface area contributed by atoms with Crippen LogP contribution in [0.15, 0.2) is 194 Å². The Bertz CT molecular complexity index is 2700. The molecule has 0 radical (unpaired) electrons. The van der Waals surface area contributed by atoms with Crippen molar-refractivity contribution in [3.05, 3.63) is 205 Å². The van der Waals surface area contributed by atoms with Crippen molar-refractivity contribution < 1.29 is 0 Å². The lowest BCUT2D eigenvalue weighted by molar-refractivity contribution is 0.590. The minimum atomic E-state index is 0.135. The summed E-state index contributed by atoms with van der Waals surface area (Å²) in [6.45, 7) is 13.6. The van der Waals surface area contributed by atoms with E-state index in [1.165, 1.54) is 99.4 Å². The largest absolute Gasteiger partial charge is 0.0622 e. The van der Waals surface area contributed by atoms with Crippen LogP contribution in [-0.2, 0) is 10.8 Å². The van der Waals surface area contributed by atoms with Crippen molar-refractivity contribution in [3.63, 3.8) is 0 Å². The topological polar surface area (TPSA) is 0 Å². The summed E-state index contributed by atoms with van der Waals surface area (Å²) in [5.41, 5.74) is 17.7. The van der Waals surface area contributed by atoms with Crippen molar-refractivity contribution in [3.8, 4) is 66.8 Å². The third-order valence-corrected chi connectivity index (χ3v) is 11.8. The van der Waals surface area contributed by atoms with Gasteiger partial charge in [-0.25, -0.2) is 0 Å². The van der Waals surface area contributed by atoms with Gasteiger partial charge >= 0.3 is 0 Å². The molecule has 0 aliphatic rings. The van der Waals surface area contributed by atoms with Crippen LogP contribution < -0.4 is 0 Å². The first-order chi connectivity index (χ1) is 28.0. The van der Waals surface area contributed by atoms with Gasteiger partial charge in [-0.1, -0.05) is 224 Å². The van der Waals surface area contributed by atoms with Gasteiger partial charge in [0.25, 0.3) is 0 Å². The van der Waals surface area contributed by atoms with Crippen LogP contribution in [0.4, 0.5) is 0 Å². The van der Waals surface area contributed by atoms with Crippen LogP contribution in [0.3, 0.4) is 0 Å². The highest BCUT2D eigenvalue weighted by Crippen LogP contribution is 2.46. The van der Waals surface area contributed by atoms with E-state index in [0.717, 1.165) is 0 Å². The molecule has 0 nitrogen and oxygen atoms in total. The number of rotatable bonds is 6. The normalized spacial score (nSPS) is 12.0. The van der Waals surface area contributed by atoms with Crippen molar-refractivity contribution in [1.82, 2.24) is 0 Å². The molecule has 9 rings (SSSR count). The molecule has 9 aromatic carbocycles. The lowest BCUT2D eigenvalue weighted by atomic mass is 9.83. The Morgan fingerprint density at radius 2 is 0.483 bits per heavy atom. The molecule has 0 amide bonds. The molecule has 0 saturated carbocycles. The number of hydrogen-bond acceptors (Lipinski definition) is 0. The second kappa shape index (κ2) is 14.8. The van der Waals surface area contributed by atoms with E-state index in [2.05, 4.69) is 236 Å². The van der Waals surface area contributed by atoms with Gasteiger partial charge in [0.15, 0.2) is 0 Å². The maximum atomic E-state index is 2.42. The molecular formula is C58H50. The zero-order valence-corrected chi connectivity index (χ0v) is 34.5. The van der Waals surface area contributed by atoms with E-state index in [0.29, 0.717) is 0 Å². The minimum absolute atomic E-state index is 0.135. The van der Waals surface area contributed by atoms with Gasteiger partial charge in [-0.15, -0.1) is 0 Å². The van der Waals surface area contributed by atoms with Crippen LogP contribution in [0, 0.1) is 0 Å². The summed E-state index contributed by atoms with van der Waals surface area (Å²) in [6.07, 6.45) is 0. The first kappa shape index (κ1) is 37.1. The smallest absolute Gasteiger partial charge is 0.00259 e. The number of hydrogen-bond donors (Lipinski definition) is 0. The maximum Gasteiger partial charge on any atom is -0.00259 e. The fraction of sp³-hybridized carbons (Fsp3) is 0.138. The molecular weight excluding hydrogens is 697 g/mol. The molecule has 0 atom stereocenters. The molecule has 0 aliphatic carbocycles. The molecule has 0 heteroatoms. The van der Waals surface area contributed by atoms with Gasteiger partial charge in [0.1, 0.15) is 0 Å². The zero-order chi connectivity index (χ0) is 40.0. The van der Waals surface area contributed by atoms with Gasteiger partial charge in [0.05, 0.1) is 0 Å². The molecule has 0 unspecified atom stereocenters. The van der Waals surface area contributed by atoms with E-state index in [1.54, 1.807) is 0 Å². The van der Waals surface area contributed by atoms with E-state index in [9.17, 15) is 0 Å². The van der Waals surface area contributed by atoms with Gasteiger partial charge < -0.3 is 0 Å². The van der Waals surface area contributed by atoms with Crippen molar-refractivity contribution in [2.75, 3.05) is 0 Å². The summed E-state index contributed by atoms with van der Waals surface area (Å²) < 4.78 is 0. The Morgan fingerprint density at radius 3 is 0.793 bits per heavy atom. The lowest BCUT2D eigenvalue weighted by Crippen LogP contribution is -2.10. The maximum absolute atomic E-state index is 2.42. The summed E-state index contributed by atoms with van der Waals surface area (Å²) in [5, 5.41) is 5.02. The Balaban J connectivity index is 1.19. The van der Waals surface area contributed by atoms with Crippen LogP contribution >= 0.6 is 0 Å². The molecule has 0 spiro atoms. The molecule has 0 bridgehead atoms. The first-order valence-corrected chi connectivity index (χ1v) is 20.6. The molecule has 58 heavy (non-hydrogen) atoms. The molecule has 0 aliphatic heterocycles. The van der Waals surface area contributed by atoms with E-state index in [-0.39, 0.29) is 10.8 Å². The average molecular weight is 747 g/mol. The number of fused-ring (bicyclic) bond motifs is 2. The molecule has 0 saturated heterocycles. The average Bonchev–Trinajstić information content (AvgIpc) is 3.25. The Labute approximate surface area is 344 Å². The van der Waals surface area contributed by atoms with Crippen LogP contribution in [-0.4, -0.2) is 0 Å². The molecule has 0 fully saturated rings. The van der Waals surface area contributed by atoms with Crippen LogP contribution in [0.2, 0.25) is 0 Å². The Kier molecular flexibility index (Phi) is 9.45. The van der Waals surface area contributed by atoms with Gasteiger partial charge in [0.2, 0.25) is 0 Å². The quantitative estimate of drug-likeness (QED) is 0.149. The fourth-order valence-electron chi connectivity index (χ4n) is 8.45. The molecule has 282 valence electrons.